The summed E-state index contributed by atoms with van der Waals surface area (Å²) in [5.74, 6) is -1.98. The Morgan fingerprint density at radius 3 is 2.38 bits per heavy atom. The molecule has 0 aliphatic carbocycles. The zero-order valence-corrected chi connectivity index (χ0v) is 14.6. The van der Waals surface area contributed by atoms with Gasteiger partial charge in [0.2, 0.25) is 0 Å². The second-order valence-corrected chi connectivity index (χ2v) is 5.89. The molecule has 0 fully saturated rings. The van der Waals surface area contributed by atoms with Gasteiger partial charge in [-0.25, -0.2) is 0 Å². The number of aliphatic carboxylic acids is 1. The number of carboxylic acids is 1. The molecule has 0 aromatic heterocycles. The van der Waals surface area contributed by atoms with Crippen LogP contribution in [0.5, 0.6) is 5.75 Å². The maximum atomic E-state index is 12.2. The second-order valence-electron chi connectivity index (χ2n) is 5.89. The van der Waals surface area contributed by atoms with Crippen molar-refractivity contribution in [3.63, 3.8) is 0 Å². The topological polar surface area (TPSA) is 92.7 Å². The van der Waals surface area contributed by atoms with Gasteiger partial charge in [0, 0.05) is 12.1 Å². The predicted molar refractivity (Wildman–Crippen MR) is 96.4 cm³/mol. The lowest BCUT2D eigenvalue weighted by molar-refractivity contribution is -0.138. The molecule has 6 nitrogen and oxygen atoms in total. The average molecular weight is 355 g/mol. The first-order valence-corrected chi connectivity index (χ1v) is 8.21. The predicted octanol–water partition coefficient (Wildman–Crippen LogP) is 2.64. The number of carbonyl (C=O) groups is 3. The summed E-state index contributed by atoms with van der Waals surface area (Å²) in [6.45, 7) is 2.97. The number of amides is 1. The Bertz CT molecular complexity index is 788. The van der Waals surface area contributed by atoms with Crippen molar-refractivity contribution in [1.29, 1.82) is 0 Å². The minimum absolute atomic E-state index is 0.0423. The Kier molecular flexibility index (Phi) is 6.49. The SMILES string of the molecule is CC(=O)c1cccc(OC(C)C(=O)NCC(C(=O)O)c2ccccc2)c1. The van der Waals surface area contributed by atoms with Crippen molar-refractivity contribution in [3.05, 3.63) is 65.7 Å². The van der Waals surface area contributed by atoms with Crippen LogP contribution in [0.1, 0.15) is 35.7 Å². The fourth-order valence-corrected chi connectivity index (χ4v) is 2.43. The molecule has 1 amide bonds. The molecular weight excluding hydrogens is 334 g/mol. The Labute approximate surface area is 151 Å². The van der Waals surface area contributed by atoms with Gasteiger partial charge in [0.1, 0.15) is 5.75 Å². The minimum atomic E-state index is -1.01. The summed E-state index contributed by atoms with van der Waals surface area (Å²) < 4.78 is 5.55. The molecule has 0 radical (unpaired) electrons. The van der Waals surface area contributed by atoms with Crippen molar-refractivity contribution in [3.8, 4) is 5.75 Å². The normalized spacial score (nSPS) is 12.7. The summed E-state index contributed by atoms with van der Waals surface area (Å²) >= 11 is 0. The van der Waals surface area contributed by atoms with Crippen LogP contribution >= 0.6 is 0 Å². The number of Topliss-reactive ketones (excluding diaryl/α,β-unsaturated/α-hetero) is 1. The molecule has 0 saturated heterocycles. The molecule has 2 unspecified atom stereocenters. The van der Waals surface area contributed by atoms with Gasteiger partial charge in [0.05, 0.1) is 5.92 Å². The summed E-state index contributed by atoms with van der Waals surface area (Å²) in [5, 5.41) is 12.0. The highest BCUT2D eigenvalue weighted by molar-refractivity contribution is 5.94. The molecular formula is C20H21NO5. The van der Waals surface area contributed by atoms with Gasteiger partial charge in [-0.15, -0.1) is 0 Å². The van der Waals surface area contributed by atoms with E-state index in [1.54, 1.807) is 61.5 Å². The molecule has 6 heteroatoms. The second kappa shape index (κ2) is 8.80. The maximum Gasteiger partial charge on any atom is 0.312 e. The van der Waals surface area contributed by atoms with E-state index in [-0.39, 0.29) is 12.3 Å². The molecule has 2 rings (SSSR count). The Hall–Kier alpha value is -3.15. The lowest BCUT2D eigenvalue weighted by Crippen LogP contribution is -2.39. The van der Waals surface area contributed by atoms with Gasteiger partial charge < -0.3 is 15.2 Å². The largest absolute Gasteiger partial charge is 0.481 e. The van der Waals surface area contributed by atoms with Crippen molar-refractivity contribution in [2.45, 2.75) is 25.9 Å². The Morgan fingerprint density at radius 1 is 1.08 bits per heavy atom. The van der Waals surface area contributed by atoms with Crippen LogP contribution in [-0.2, 0) is 9.59 Å². The van der Waals surface area contributed by atoms with Crippen molar-refractivity contribution in [2.24, 2.45) is 0 Å². The number of carboxylic acid groups (broad SMARTS) is 1. The molecule has 2 aromatic carbocycles. The monoisotopic (exact) mass is 355 g/mol. The van der Waals surface area contributed by atoms with Crippen LogP contribution in [0.25, 0.3) is 0 Å². The van der Waals surface area contributed by atoms with E-state index < -0.39 is 23.9 Å². The van der Waals surface area contributed by atoms with Gasteiger partial charge in [0.25, 0.3) is 5.91 Å². The van der Waals surface area contributed by atoms with E-state index >= 15 is 0 Å². The average Bonchev–Trinajstić information content (AvgIpc) is 2.62. The van der Waals surface area contributed by atoms with Crippen LogP contribution in [0.4, 0.5) is 0 Å². The number of hydrogen-bond donors (Lipinski definition) is 2. The van der Waals surface area contributed by atoms with Gasteiger partial charge in [-0.3, -0.25) is 14.4 Å². The highest BCUT2D eigenvalue weighted by Crippen LogP contribution is 2.17. The number of nitrogens with one attached hydrogen (secondary N) is 1. The zero-order chi connectivity index (χ0) is 19.1. The third-order valence-electron chi connectivity index (χ3n) is 3.90. The number of ether oxygens (including phenoxy) is 1. The van der Waals surface area contributed by atoms with Crippen molar-refractivity contribution in [2.75, 3.05) is 6.54 Å². The number of carbonyl (C=O) groups excluding carboxylic acids is 2. The van der Waals surface area contributed by atoms with Crippen LogP contribution in [-0.4, -0.2) is 35.4 Å². The number of ketones is 1. The van der Waals surface area contributed by atoms with Crippen molar-refractivity contribution < 1.29 is 24.2 Å². The lowest BCUT2D eigenvalue weighted by atomic mass is 9.99. The summed E-state index contributed by atoms with van der Waals surface area (Å²) in [4.78, 5) is 35.1. The molecule has 2 atom stereocenters. The van der Waals surface area contributed by atoms with Gasteiger partial charge >= 0.3 is 5.97 Å². The molecule has 26 heavy (non-hydrogen) atoms. The van der Waals surface area contributed by atoms with Gasteiger partial charge in [-0.1, -0.05) is 42.5 Å². The summed E-state index contributed by atoms with van der Waals surface area (Å²) in [6, 6.07) is 15.3. The van der Waals surface area contributed by atoms with Gasteiger partial charge in [-0.05, 0) is 31.5 Å². The Morgan fingerprint density at radius 2 is 1.77 bits per heavy atom. The summed E-state index contributed by atoms with van der Waals surface area (Å²) in [7, 11) is 0. The fourth-order valence-electron chi connectivity index (χ4n) is 2.43. The van der Waals surface area contributed by atoms with Crippen LogP contribution in [0.2, 0.25) is 0 Å². The molecule has 0 aliphatic heterocycles. The van der Waals surface area contributed by atoms with Crippen molar-refractivity contribution >= 4 is 17.7 Å². The first kappa shape index (κ1) is 19.2. The zero-order valence-electron chi connectivity index (χ0n) is 14.6. The van der Waals surface area contributed by atoms with E-state index in [4.69, 9.17) is 4.74 Å². The lowest BCUT2D eigenvalue weighted by Gasteiger charge is -2.18. The Balaban J connectivity index is 1.97. The summed E-state index contributed by atoms with van der Waals surface area (Å²) in [6.07, 6.45) is -0.831. The van der Waals surface area contributed by atoms with E-state index in [9.17, 15) is 19.5 Å². The third kappa shape index (κ3) is 5.17. The number of hydrogen-bond acceptors (Lipinski definition) is 4. The summed E-state index contributed by atoms with van der Waals surface area (Å²) in [5.41, 5.74) is 1.10. The van der Waals surface area contributed by atoms with E-state index in [0.717, 1.165) is 0 Å². The van der Waals surface area contributed by atoms with E-state index in [1.165, 1.54) is 6.92 Å². The molecule has 0 saturated carbocycles. The molecule has 136 valence electrons. The third-order valence-corrected chi connectivity index (χ3v) is 3.90. The number of rotatable bonds is 8. The van der Waals surface area contributed by atoms with E-state index in [0.29, 0.717) is 16.9 Å². The molecule has 2 N–H and O–H groups in total. The van der Waals surface area contributed by atoms with E-state index in [1.807, 2.05) is 0 Å². The van der Waals surface area contributed by atoms with Crippen LogP contribution in [0.15, 0.2) is 54.6 Å². The smallest absolute Gasteiger partial charge is 0.312 e. The van der Waals surface area contributed by atoms with Gasteiger partial charge in [0.15, 0.2) is 11.9 Å². The highest BCUT2D eigenvalue weighted by Gasteiger charge is 2.22. The highest BCUT2D eigenvalue weighted by atomic mass is 16.5. The quantitative estimate of drug-likeness (QED) is 0.710. The molecule has 2 aromatic rings. The molecule has 0 heterocycles. The number of benzene rings is 2. The van der Waals surface area contributed by atoms with Gasteiger partial charge in [-0.2, -0.15) is 0 Å². The van der Waals surface area contributed by atoms with Crippen LogP contribution in [0, 0.1) is 0 Å². The fraction of sp³-hybridized carbons (Fsp3) is 0.250. The standard InChI is InChI=1S/C20H21NO5/c1-13(22)16-9-6-10-17(11-16)26-14(2)19(23)21-12-18(20(24)25)15-7-4-3-5-8-15/h3-11,14,18H,12H2,1-2H3,(H,21,23)(H,24,25). The molecule has 0 bridgehead atoms. The van der Waals surface area contributed by atoms with Crippen LogP contribution in [0.3, 0.4) is 0 Å². The first-order chi connectivity index (χ1) is 12.4. The van der Waals surface area contributed by atoms with Crippen LogP contribution < -0.4 is 10.1 Å². The molecule has 0 aliphatic rings. The molecule has 0 spiro atoms. The first-order valence-electron chi connectivity index (χ1n) is 8.21. The van der Waals surface area contributed by atoms with Crippen molar-refractivity contribution in [1.82, 2.24) is 5.32 Å². The maximum absolute atomic E-state index is 12.2. The van der Waals surface area contributed by atoms with E-state index in [2.05, 4.69) is 5.32 Å². The minimum Gasteiger partial charge on any atom is -0.481 e.